The molecular weight excluding hydrogens is 270 g/mol. The van der Waals surface area contributed by atoms with Crippen molar-refractivity contribution < 1.29 is 58.9 Å². The number of ketones is 1. The van der Waals surface area contributed by atoms with Crippen LogP contribution in [0, 0.1) is 7.43 Å². The molecule has 0 unspecified atom stereocenters. The Morgan fingerprint density at radius 2 is 1.14 bits per heavy atom. The van der Waals surface area contributed by atoms with E-state index in [9.17, 15) is 9.90 Å². The largest absolute Gasteiger partial charge is 1.00 e. The topological polar surface area (TPSA) is 69.6 Å². The molecular formula is C16H37Li2O4+. The zero-order chi connectivity index (χ0) is 16.1. The maximum atomic E-state index is 10.1. The average Bonchev–Trinajstić information content (AvgIpc) is 2.48. The minimum Gasteiger partial charge on any atom is -0.850 e. The van der Waals surface area contributed by atoms with Gasteiger partial charge in [-0.2, -0.15) is 0 Å². The van der Waals surface area contributed by atoms with Crippen molar-refractivity contribution in [3.05, 3.63) is 7.43 Å². The first kappa shape index (κ1) is 38.4. The van der Waals surface area contributed by atoms with Gasteiger partial charge < -0.3 is 27.2 Å². The Bertz CT molecular complexity index is 175. The Hall–Kier alpha value is 0.745. The van der Waals surface area contributed by atoms with Crippen molar-refractivity contribution in [1.29, 1.82) is 0 Å². The first-order valence-electron chi connectivity index (χ1n) is 6.71. The summed E-state index contributed by atoms with van der Waals surface area (Å²) in [5, 5.41) is 18.6. The Balaban J connectivity index is -0.0000000282. The number of aliphatic hydroxyl groups is 1. The summed E-state index contributed by atoms with van der Waals surface area (Å²) < 4.78 is 4.94. The molecule has 1 N–H and O–H groups in total. The van der Waals surface area contributed by atoms with Gasteiger partial charge in [-0.1, -0.05) is 20.8 Å². The standard InChI is InChI=1S/C4H8O.C4H10O.C4H9O.C3H6O.CH3.2Li/c1-2-4-5-3-1;2*1-4(2,3)5;1-3(2)4;;;/h1-4H2;5H,1-3H3;1-3H3;1-2H3;1H3;;/q;;-1;;-1;2*+1/p+1. The normalized spacial score (nSPS) is 12.1. The van der Waals surface area contributed by atoms with Crippen molar-refractivity contribution in [2.45, 2.75) is 79.4 Å². The predicted octanol–water partition coefficient (Wildman–Crippen LogP) is -3.11. The molecule has 0 saturated carbocycles. The molecule has 1 aliphatic heterocycles. The summed E-state index contributed by atoms with van der Waals surface area (Å²) in [6, 6.07) is 0. The first-order chi connectivity index (χ1) is 8.23. The average molecular weight is 307 g/mol. The fourth-order valence-corrected chi connectivity index (χ4v) is 0.510. The fourth-order valence-electron chi connectivity index (χ4n) is 0.510. The fraction of sp³-hybridized carbons (Fsp3) is 0.875. The zero-order valence-corrected chi connectivity index (χ0v) is 17.0. The van der Waals surface area contributed by atoms with Gasteiger partial charge in [0.1, 0.15) is 5.78 Å². The third-order valence-corrected chi connectivity index (χ3v) is 0.827. The van der Waals surface area contributed by atoms with E-state index in [2.05, 4.69) is 0 Å². The molecule has 6 heteroatoms. The molecule has 22 heavy (non-hydrogen) atoms. The number of hydrogen-bond acceptors (Lipinski definition) is 4. The number of Topliss-reactive ketones (excluding diaryl/α,β-unsaturated/α-hetero) is 1. The molecule has 0 aromatic rings. The third kappa shape index (κ3) is 245. The molecule has 0 bridgehead atoms. The van der Waals surface area contributed by atoms with E-state index in [0.717, 1.165) is 13.2 Å². The van der Waals surface area contributed by atoms with Crippen molar-refractivity contribution in [3.63, 3.8) is 0 Å². The zero-order valence-electron chi connectivity index (χ0n) is 18.0. The molecule has 1 rings (SSSR count). The van der Waals surface area contributed by atoms with Crippen molar-refractivity contribution in [2.24, 2.45) is 0 Å². The summed E-state index contributed by atoms with van der Waals surface area (Å²) in [6.45, 7) is 15.2. The van der Waals surface area contributed by atoms with Gasteiger partial charge in [0.25, 0.3) is 0 Å². The number of rotatable bonds is 0. The van der Waals surface area contributed by atoms with Gasteiger partial charge in [-0.15, -0.1) is 5.60 Å². The number of carbonyl (C=O) groups excluding carboxylic acids is 1. The summed E-state index contributed by atoms with van der Waals surface area (Å²) in [7, 11) is 0. The monoisotopic (exact) mass is 307 g/mol. The van der Waals surface area contributed by atoms with Crippen molar-refractivity contribution >= 4 is 5.78 Å². The number of hydrogen-bond donors (Lipinski definition) is 1. The molecule has 0 aromatic heterocycles. The van der Waals surface area contributed by atoms with Crippen LogP contribution in [0.4, 0.5) is 0 Å². The van der Waals surface area contributed by atoms with E-state index in [1.807, 2.05) is 0 Å². The molecule has 0 radical (unpaired) electrons. The smallest absolute Gasteiger partial charge is 0.850 e. The molecule has 126 valence electrons. The first-order valence-corrected chi connectivity index (χ1v) is 6.71. The van der Waals surface area contributed by atoms with Gasteiger partial charge in [0.15, 0.2) is 0 Å². The molecule has 0 aromatic carbocycles. The molecule has 1 fully saturated rings. The summed E-state index contributed by atoms with van der Waals surface area (Å²) in [5.41, 5.74) is -1.25. The van der Waals surface area contributed by atoms with E-state index in [1.165, 1.54) is 26.7 Å². The van der Waals surface area contributed by atoms with E-state index >= 15 is 0 Å². The van der Waals surface area contributed by atoms with Gasteiger partial charge in [-0.05, 0) is 47.5 Å². The second-order valence-electron chi connectivity index (χ2n) is 6.51. The molecule has 0 atom stereocenters. The van der Waals surface area contributed by atoms with E-state index in [4.69, 9.17) is 9.84 Å². The predicted molar refractivity (Wildman–Crippen MR) is 85.7 cm³/mol. The van der Waals surface area contributed by atoms with E-state index < -0.39 is 11.2 Å². The van der Waals surface area contributed by atoms with Gasteiger partial charge in [-0.25, -0.2) is 0 Å². The van der Waals surface area contributed by atoms with Gasteiger partial charge in [0.2, 0.25) is 0 Å². The molecule has 4 nitrogen and oxygen atoms in total. The van der Waals surface area contributed by atoms with Gasteiger partial charge in [0.05, 0.1) is 5.60 Å². The minimum absolute atomic E-state index is 0. The van der Waals surface area contributed by atoms with Crippen molar-refractivity contribution in [1.82, 2.24) is 0 Å². The van der Waals surface area contributed by atoms with Crippen LogP contribution in [0.15, 0.2) is 0 Å². The quantitative estimate of drug-likeness (QED) is 0.380. The van der Waals surface area contributed by atoms with Crippen LogP contribution in [0.3, 0.4) is 0 Å². The van der Waals surface area contributed by atoms with Gasteiger partial charge >= 0.3 is 39.1 Å². The molecule has 1 saturated heterocycles. The summed E-state index contributed by atoms with van der Waals surface area (Å²) in [6.07, 6.45) is 2.56. The van der Waals surface area contributed by atoms with Crippen LogP contribution >= 0.6 is 0 Å². The summed E-state index contributed by atoms with van der Waals surface area (Å²) in [5.74, 6) is 0.167. The third-order valence-electron chi connectivity index (χ3n) is 0.827. The Morgan fingerprint density at radius 3 is 1.18 bits per heavy atom. The Labute approximate surface area is 164 Å². The Kier molecular flexibility index (Phi) is 37.9. The van der Waals surface area contributed by atoms with Gasteiger partial charge in [0, 0.05) is 13.2 Å². The summed E-state index contributed by atoms with van der Waals surface area (Å²) in [4.78, 5) is 9.44. The molecule has 0 aliphatic carbocycles. The van der Waals surface area contributed by atoms with Crippen LogP contribution in [-0.4, -0.2) is 35.3 Å². The van der Waals surface area contributed by atoms with Crippen molar-refractivity contribution in [2.75, 3.05) is 13.2 Å². The van der Waals surface area contributed by atoms with E-state index in [0.29, 0.717) is 0 Å². The number of ether oxygens (including phenoxy) is 1. The molecule has 1 aliphatic rings. The van der Waals surface area contributed by atoms with Crippen LogP contribution in [-0.2, 0) is 9.53 Å². The molecule has 0 amide bonds. The van der Waals surface area contributed by atoms with E-state index in [-0.39, 0.29) is 52.4 Å². The maximum absolute atomic E-state index is 10.1. The van der Waals surface area contributed by atoms with Crippen LogP contribution in [0.2, 0.25) is 0 Å². The Morgan fingerprint density at radius 1 is 1.00 bits per heavy atom. The van der Waals surface area contributed by atoms with Crippen molar-refractivity contribution in [3.8, 4) is 0 Å². The minimum atomic E-state index is -0.750. The van der Waals surface area contributed by atoms with Crippen LogP contribution in [0.1, 0.15) is 69.7 Å². The SMILES string of the molecule is C1CCOC1.CC(C)(C)O.CC(C)(C)[O-].CC(C)=O.[CH3-].[H+].[Li+].[Li+]. The second kappa shape index (κ2) is 21.7. The van der Waals surface area contributed by atoms with Crippen LogP contribution in [0.5, 0.6) is 0 Å². The molecule has 0 spiro atoms. The molecule has 1 heterocycles. The van der Waals surface area contributed by atoms with Crippen LogP contribution < -0.4 is 42.8 Å². The number of carbonyl (C=O) groups is 1. The van der Waals surface area contributed by atoms with Crippen LogP contribution in [0.25, 0.3) is 0 Å². The van der Waals surface area contributed by atoms with Gasteiger partial charge in [-0.3, -0.25) is 0 Å². The van der Waals surface area contributed by atoms with E-state index in [1.54, 1.807) is 41.5 Å². The second-order valence-corrected chi connectivity index (χ2v) is 6.51. The maximum Gasteiger partial charge on any atom is 1.00 e. The summed E-state index contributed by atoms with van der Waals surface area (Å²) >= 11 is 0.